The average molecular weight is 344 g/mol. The zero-order chi connectivity index (χ0) is 18.6. The first-order valence-corrected chi connectivity index (χ1v) is 9.20. The summed E-state index contributed by atoms with van der Waals surface area (Å²) in [4.78, 5) is 0. The van der Waals surface area contributed by atoms with Crippen LogP contribution >= 0.6 is 0 Å². The number of rotatable bonds is 6. The van der Waals surface area contributed by atoms with Gasteiger partial charge < -0.3 is 14.9 Å². The van der Waals surface area contributed by atoms with Gasteiger partial charge in [-0.15, -0.1) is 0 Å². The summed E-state index contributed by atoms with van der Waals surface area (Å²) in [5.41, 5.74) is 3.79. The van der Waals surface area contributed by atoms with Crippen molar-refractivity contribution in [2.45, 2.75) is 78.4 Å². The molecule has 0 radical (unpaired) electrons. The molecular weight excluding hydrogens is 312 g/mol. The van der Waals surface area contributed by atoms with Crippen LogP contribution in [0.2, 0.25) is 0 Å². The Morgan fingerprint density at radius 2 is 1.96 bits per heavy atom. The summed E-state index contributed by atoms with van der Waals surface area (Å²) in [6, 6.07) is 3.66. The minimum Gasteiger partial charge on any atom is -0.508 e. The number of hydrogen-bond acceptors (Lipinski definition) is 3. The van der Waals surface area contributed by atoms with Gasteiger partial charge in [0, 0.05) is 12.0 Å². The number of aromatic hydroxyl groups is 1. The van der Waals surface area contributed by atoms with Gasteiger partial charge in [-0.1, -0.05) is 23.3 Å². The maximum absolute atomic E-state index is 10.6. The number of aliphatic hydroxyl groups is 1. The highest BCUT2D eigenvalue weighted by molar-refractivity contribution is 5.49. The van der Waals surface area contributed by atoms with Crippen molar-refractivity contribution in [2.75, 3.05) is 0 Å². The van der Waals surface area contributed by atoms with Gasteiger partial charge in [0.05, 0.1) is 6.10 Å². The van der Waals surface area contributed by atoms with Crippen molar-refractivity contribution in [3.63, 3.8) is 0 Å². The van der Waals surface area contributed by atoms with Crippen molar-refractivity contribution in [3.05, 3.63) is 46.6 Å². The monoisotopic (exact) mass is 344 g/mol. The number of phenols is 1. The second kappa shape index (κ2) is 8.09. The Hall–Kier alpha value is -1.74. The van der Waals surface area contributed by atoms with E-state index in [2.05, 4.69) is 32.9 Å². The van der Waals surface area contributed by atoms with Gasteiger partial charge in [0.25, 0.3) is 0 Å². The number of hydrogen-bond donors (Lipinski definition) is 2. The second-order valence-electron chi connectivity index (χ2n) is 7.80. The zero-order valence-corrected chi connectivity index (χ0v) is 16.2. The molecule has 2 N–H and O–H groups in total. The van der Waals surface area contributed by atoms with Gasteiger partial charge in [0.15, 0.2) is 0 Å². The van der Waals surface area contributed by atoms with Crippen molar-refractivity contribution in [1.29, 1.82) is 0 Å². The third-order valence-electron chi connectivity index (χ3n) is 5.00. The molecule has 3 heteroatoms. The summed E-state index contributed by atoms with van der Waals surface area (Å²) in [6.07, 6.45) is 8.11. The molecule has 1 aliphatic heterocycles. The van der Waals surface area contributed by atoms with Crippen molar-refractivity contribution < 1.29 is 14.9 Å². The van der Waals surface area contributed by atoms with Gasteiger partial charge in [-0.2, -0.15) is 0 Å². The number of allylic oxidation sites excluding steroid dienone is 4. The Bertz CT molecular complexity index is 668. The van der Waals surface area contributed by atoms with Crippen LogP contribution in [0.3, 0.4) is 0 Å². The minimum atomic E-state index is -0.621. The van der Waals surface area contributed by atoms with Crippen LogP contribution in [0, 0.1) is 6.92 Å². The van der Waals surface area contributed by atoms with Gasteiger partial charge in [-0.05, 0) is 78.0 Å². The highest BCUT2D eigenvalue weighted by Gasteiger charge is 2.40. The fraction of sp³-hybridized carbons (Fsp3) is 0.545. The highest BCUT2D eigenvalue weighted by atomic mass is 16.5. The lowest BCUT2D eigenvalue weighted by molar-refractivity contribution is -0.0592. The Labute approximate surface area is 152 Å². The van der Waals surface area contributed by atoms with Gasteiger partial charge in [0.1, 0.15) is 17.1 Å². The SMILES string of the molecule is CC(C)=CCCC(C)=CCC[C@]1(C)Oc2cc(C)cc(O)c2C[C@H]1O. The molecule has 3 nitrogen and oxygen atoms in total. The van der Waals surface area contributed by atoms with Crippen LogP contribution in [0.5, 0.6) is 11.5 Å². The first-order chi connectivity index (χ1) is 11.7. The second-order valence-corrected chi connectivity index (χ2v) is 7.80. The van der Waals surface area contributed by atoms with E-state index < -0.39 is 11.7 Å². The normalized spacial score (nSPS) is 23.0. The minimum absolute atomic E-state index is 0.214. The molecule has 2 rings (SSSR count). The maximum atomic E-state index is 10.6. The predicted octanol–water partition coefficient (Wildman–Crippen LogP) is 5.23. The van der Waals surface area contributed by atoms with E-state index in [4.69, 9.17) is 4.74 Å². The molecule has 0 aromatic heterocycles. The summed E-state index contributed by atoms with van der Waals surface area (Å²) < 4.78 is 6.14. The molecule has 25 heavy (non-hydrogen) atoms. The van der Waals surface area contributed by atoms with Crippen LogP contribution in [0.25, 0.3) is 0 Å². The molecule has 1 aromatic rings. The predicted molar refractivity (Wildman–Crippen MR) is 103 cm³/mol. The first-order valence-electron chi connectivity index (χ1n) is 9.20. The zero-order valence-electron chi connectivity index (χ0n) is 16.2. The molecule has 2 atom stereocenters. The summed E-state index contributed by atoms with van der Waals surface area (Å²) in [7, 11) is 0. The number of phenolic OH excluding ortho intramolecular Hbond substituents is 1. The van der Waals surface area contributed by atoms with E-state index in [1.54, 1.807) is 6.07 Å². The average Bonchev–Trinajstić information content (AvgIpc) is 2.49. The Morgan fingerprint density at radius 1 is 1.24 bits per heavy atom. The standard InChI is InChI=1S/C22H32O3/c1-15(2)8-6-9-16(3)10-7-11-22(5)21(24)14-18-19(23)12-17(4)13-20(18)25-22/h8,10,12-13,21,23-24H,6-7,9,11,14H2,1-5H3/t21-,22+/m1/s1. The maximum Gasteiger partial charge on any atom is 0.133 e. The molecule has 1 aliphatic rings. The molecule has 138 valence electrons. The van der Waals surface area contributed by atoms with E-state index in [1.807, 2.05) is 19.9 Å². The van der Waals surface area contributed by atoms with Gasteiger partial charge >= 0.3 is 0 Å². The number of aliphatic hydroxyl groups excluding tert-OH is 1. The van der Waals surface area contributed by atoms with E-state index in [1.165, 1.54) is 11.1 Å². The van der Waals surface area contributed by atoms with Crippen molar-refractivity contribution in [2.24, 2.45) is 0 Å². The number of ether oxygens (including phenoxy) is 1. The van der Waals surface area contributed by atoms with E-state index in [0.717, 1.165) is 31.2 Å². The van der Waals surface area contributed by atoms with Crippen molar-refractivity contribution in [1.82, 2.24) is 0 Å². The molecule has 1 heterocycles. The first kappa shape index (κ1) is 19.6. The van der Waals surface area contributed by atoms with Crippen LogP contribution in [0.1, 0.15) is 64.5 Å². The third kappa shape index (κ3) is 5.12. The molecule has 0 unspecified atom stereocenters. The lowest BCUT2D eigenvalue weighted by atomic mass is 9.85. The smallest absolute Gasteiger partial charge is 0.133 e. The summed E-state index contributed by atoms with van der Waals surface area (Å²) in [5, 5.41) is 20.7. The van der Waals surface area contributed by atoms with Gasteiger partial charge in [-0.3, -0.25) is 0 Å². The molecule has 0 saturated heterocycles. The van der Waals surface area contributed by atoms with Gasteiger partial charge in [0.2, 0.25) is 0 Å². The van der Waals surface area contributed by atoms with Crippen LogP contribution in [0.15, 0.2) is 35.4 Å². The largest absolute Gasteiger partial charge is 0.508 e. The quantitative estimate of drug-likeness (QED) is 0.695. The third-order valence-corrected chi connectivity index (χ3v) is 5.00. The number of fused-ring (bicyclic) bond motifs is 1. The highest BCUT2D eigenvalue weighted by Crippen LogP contribution is 2.40. The molecule has 0 saturated carbocycles. The van der Waals surface area contributed by atoms with E-state index in [9.17, 15) is 10.2 Å². The fourth-order valence-electron chi connectivity index (χ4n) is 3.30. The molecule has 0 aliphatic carbocycles. The topological polar surface area (TPSA) is 49.7 Å². The molecule has 0 bridgehead atoms. The molecular formula is C22H32O3. The van der Waals surface area contributed by atoms with Crippen LogP contribution in [-0.4, -0.2) is 21.9 Å². The molecule has 1 aromatic carbocycles. The Balaban J connectivity index is 2.00. The number of aryl methyl sites for hydroxylation is 1. The van der Waals surface area contributed by atoms with Gasteiger partial charge in [-0.25, -0.2) is 0 Å². The molecule has 0 amide bonds. The summed E-state index contributed by atoms with van der Waals surface area (Å²) in [5.74, 6) is 0.917. The van der Waals surface area contributed by atoms with E-state index >= 15 is 0 Å². The fourth-order valence-corrected chi connectivity index (χ4v) is 3.30. The summed E-state index contributed by atoms with van der Waals surface area (Å²) >= 11 is 0. The number of benzene rings is 1. The van der Waals surface area contributed by atoms with Crippen molar-refractivity contribution >= 4 is 0 Å². The van der Waals surface area contributed by atoms with Crippen LogP contribution < -0.4 is 4.74 Å². The lowest BCUT2D eigenvalue weighted by Gasteiger charge is -2.40. The van der Waals surface area contributed by atoms with Crippen LogP contribution in [-0.2, 0) is 6.42 Å². The van der Waals surface area contributed by atoms with Crippen molar-refractivity contribution in [3.8, 4) is 11.5 Å². The Morgan fingerprint density at radius 3 is 2.64 bits per heavy atom. The molecule has 0 spiro atoms. The van der Waals surface area contributed by atoms with E-state index in [-0.39, 0.29) is 5.75 Å². The molecule has 0 fully saturated rings. The lowest BCUT2D eigenvalue weighted by Crippen LogP contribution is -2.48. The Kier molecular flexibility index (Phi) is 6.34. The van der Waals surface area contributed by atoms with E-state index in [0.29, 0.717) is 17.7 Å². The van der Waals surface area contributed by atoms with Crippen LogP contribution in [0.4, 0.5) is 0 Å². The summed E-state index contributed by atoms with van der Waals surface area (Å²) in [6.45, 7) is 10.3.